The third-order valence-corrected chi connectivity index (χ3v) is 3.78. The molecule has 1 fully saturated rings. The largest absolute Gasteiger partial charge is 0.392 e. The van der Waals surface area contributed by atoms with Crippen LogP contribution in [0.3, 0.4) is 0 Å². The quantitative estimate of drug-likeness (QED) is 0.766. The van der Waals surface area contributed by atoms with E-state index < -0.39 is 0 Å². The van der Waals surface area contributed by atoms with E-state index in [1.54, 1.807) is 22.8 Å². The van der Waals surface area contributed by atoms with Gasteiger partial charge in [0.15, 0.2) is 5.16 Å². The van der Waals surface area contributed by atoms with Crippen molar-refractivity contribution in [1.29, 1.82) is 0 Å². The summed E-state index contributed by atoms with van der Waals surface area (Å²) in [6.07, 6.45) is 4.51. The highest BCUT2D eigenvalue weighted by Crippen LogP contribution is 2.33. The van der Waals surface area contributed by atoms with Gasteiger partial charge in [0.2, 0.25) is 0 Å². The number of aliphatic hydroxyl groups excluding tert-OH is 1. The molecule has 0 bridgehead atoms. The monoisotopic (exact) mass is 199 g/mol. The molecule has 0 radical (unpaired) electrons. The van der Waals surface area contributed by atoms with E-state index in [9.17, 15) is 5.11 Å². The highest BCUT2D eigenvalue weighted by atomic mass is 32.2. The molecule has 0 aliphatic heterocycles. The molecule has 1 aliphatic rings. The minimum absolute atomic E-state index is 0.165. The molecule has 2 atom stereocenters. The maximum atomic E-state index is 9.60. The van der Waals surface area contributed by atoms with Crippen molar-refractivity contribution in [3.63, 3.8) is 0 Å². The van der Waals surface area contributed by atoms with E-state index in [1.807, 2.05) is 7.05 Å². The van der Waals surface area contributed by atoms with Crippen LogP contribution in [0.15, 0.2) is 11.5 Å². The van der Waals surface area contributed by atoms with Crippen molar-refractivity contribution in [2.24, 2.45) is 7.05 Å². The van der Waals surface area contributed by atoms with Crippen LogP contribution in [-0.2, 0) is 7.05 Å². The van der Waals surface area contributed by atoms with Gasteiger partial charge >= 0.3 is 0 Å². The minimum Gasteiger partial charge on any atom is -0.392 e. The number of aliphatic hydroxyl groups is 1. The number of aromatic nitrogens is 3. The number of rotatable bonds is 2. The fraction of sp³-hybridized carbons (Fsp3) is 0.750. The van der Waals surface area contributed by atoms with Crippen molar-refractivity contribution in [1.82, 2.24) is 14.8 Å². The maximum absolute atomic E-state index is 9.60. The van der Waals surface area contributed by atoms with Crippen molar-refractivity contribution in [3.8, 4) is 0 Å². The van der Waals surface area contributed by atoms with Crippen LogP contribution >= 0.6 is 11.8 Å². The topological polar surface area (TPSA) is 50.9 Å². The number of hydrogen-bond donors (Lipinski definition) is 1. The zero-order valence-corrected chi connectivity index (χ0v) is 8.37. The second-order valence-electron chi connectivity index (χ2n) is 3.32. The first-order valence-corrected chi connectivity index (χ1v) is 5.34. The summed E-state index contributed by atoms with van der Waals surface area (Å²) < 4.78 is 1.75. The van der Waals surface area contributed by atoms with Crippen molar-refractivity contribution in [2.75, 3.05) is 0 Å². The second kappa shape index (κ2) is 3.67. The number of aryl methyl sites for hydroxylation is 1. The average Bonchev–Trinajstić information content (AvgIpc) is 2.65. The molecule has 0 aromatic carbocycles. The lowest BCUT2D eigenvalue weighted by atomic mass is 10.3. The molecule has 2 rings (SSSR count). The fourth-order valence-corrected chi connectivity index (χ4v) is 2.73. The Labute approximate surface area is 81.4 Å². The third kappa shape index (κ3) is 1.86. The Morgan fingerprint density at radius 1 is 1.62 bits per heavy atom. The van der Waals surface area contributed by atoms with E-state index >= 15 is 0 Å². The second-order valence-corrected chi connectivity index (χ2v) is 4.53. The SMILES string of the molecule is Cn1ncnc1S[C@H]1CCC[C@@H]1O. The van der Waals surface area contributed by atoms with Gasteiger partial charge in [-0.1, -0.05) is 11.8 Å². The summed E-state index contributed by atoms with van der Waals surface area (Å²) in [5.41, 5.74) is 0. The van der Waals surface area contributed by atoms with E-state index in [0.29, 0.717) is 5.25 Å². The summed E-state index contributed by atoms with van der Waals surface area (Å²) >= 11 is 1.63. The Hall–Kier alpha value is -0.550. The summed E-state index contributed by atoms with van der Waals surface area (Å²) in [6.45, 7) is 0. The lowest BCUT2D eigenvalue weighted by Crippen LogP contribution is -2.15. The summed E-state index contributed by atoms with van der Waals surface area (Å²) in [6, 6.07) is 0. The van der Waals surface area contributed by atoms with Gasteiger partial charge in [-0.2, -0.15) is 5.10 Å². The van der Waals surface area contributed by atoms with Crippen LogP contribution in [0.25, 0.3) is 0 Å². The molecule has 1 aromatic heterocycles. The van der Waals surface area contributed by atoms with E-state index in [2.05, 4.69) is 10.1 Å². The van der Waals surface area contributed by atoms with Gasteiger partial charge in [-0.25, -0.2) is 9.67 Å². The molecule has 1 aromatic rings. The van der Waals surface area contributed by atoms with Gasteiger partial charge < -0.3 is 5.11 Å². The summed E-state index contributed by atoms with van der Waals surface area (Å²) in [5, 5.41) is 14.8. The maximum Gasteiger partial charge on any atom is 0.186 e. The molecule has 0 saturated heterocycles. The first-order chi connectivity index (χ1) is 6.27. The zero-order valence-electron chi connectivity index (χ0n) is 7.55. The molecule has 0 amide bonds. The number of thioether (sulfide) groups is 1. The first kappa shape index (κ1) is 9.02. The Bertz CT molecular complexity index is 289. The van der Waals surface area contributed by atoms with E-state index in [1.165, 1.54) is 0 Å². The van der Waals surface area contributed by atoms with Gasteiger partial charge in [0.1, 0.15) is 6.33 Å². The molecular formula is C8H13N3OS. The van der Waals surface area contributed by atoms with Crippen LogP contribution in [0.1, 0.15) is 19.3 Å². The molecule has 13 heavy (non-hydrogen) atoms. The molecule has 72 valence electrons. The Morgan fingerprint density at radius 3 is 3.00 bits per heavy atom. The molecule has 0 spiro atoms. The zero-order chi connectivity index (χ0) is 9.26. The summed E-state index contributed by atoms with van der Waals surface area (Å²) in [7, 11) is 1.87. The van der Waals surface area contributed by atoms with E-state index in [-0.39, 0.29) is 6.10 Å². The Balaban J connectivity index is 2.01. The molecule has 1 aliphatic carbocycles. The highest BCUT2D eigenvalue weighted by Gasteiger charge is 2.27. The van der Waals surface area contributed by atoms with E-state index in [0.717, 1.165) is 24.4 Å². The van der Waals surface area contributed by atoms with Gasteiger partial charge in [0.05, 0.1) is 6.10 Å². The van der Waals surface area contributed by atoms with Crippen molar-refractivity contribution in [2.45, 2.75) is 35.8 Å². The third-order valence-electron chi connectivity index (χ3n) is 2.34. The van der Waals surface area contributed by atoms with Crippen molar-refractivity contribution < 1.29 is 5.11 Å². The lowest BCUT2D eigenvalue weighted by Gasteiger charge is -2.12. The molecular weight excluding hydrogens is 186 g/mol. The van der Waals surface area contributed by atoms with Crippen LogP contribution in [0.4, 0.5) is 0 Å². The van der Waals surface area contributed by atoms with Gasteiger partial charge in [-0.3, -0.25) is 0 Å². The summed E-state index contributed by atoms with van der Waals surface area (Å²) in [5.74, 6) is 0. The standard InChI is InChI=1S/C8H13N3OS/c1-11-8(9-5-10-11)13-7-4-2-3-6(7)12/h5-7,12H,2-4H2,1H3/t6-,7-/m0/s1. The van der Waals surface area contributed by atoms with Crippen molar-refractivity contribution >= 4 is 11.8 Å². The highest BCUT2D eigenvalue weighted by molar-refractivity contribution is 7.99. The fourth-order valence-electron chi connectivity index (χ4n) is 1.57. The molecule has 1 saturated carbocycles. The predicted molar refractivity (Wildman–Crippen MR) is 50.5 cm³/mol. The molecule has 4 nitrogen and oxygen atoms in total. The van der Waals surface area contributed by atoms with E-state index in [4.69, 9.17) is 0 Å². The lowest BCUT2D eigenvalue weighted by molar-refractivity contribution is 0.188. The van der Waals surface area contributed by atoms with Crippen LogP contribution in [0.5, 0.6) is 0 Å². The Kier molecular flexibility index (Phi) is 2.55. The van der Waals surface area contributed by atoms with Gasteiger partial charge in [-0.05, 0) is 19.3 Å². The molecule has 0 unspecified atom stereocenters. The molecule has 1 N–H and O–H groups in total. The Morgan fingerprint density at radius 2 is 2.46 bits per heavy atom. The van der Waals surface area contributed by atoms with Gasteiger partial charge in [0, 0.05) is 12.3 Å². The number of nitrogens with zero attached hydrogens (tertiary/aromatic N) is 3. The van der Waals surface area contributed by atoms with Crippen LogP contribution in [0, 0.1) is 0 Å². The minimum atomic E-state index is -0.165. The van der Waals surface area contributed by atoms with Crippen LogP contribution in [0.2, 0.25) is 0 Å². The smallest absolute Gasteiger partial charge is 0.186 e. The van der Waals surface area contributed by atoms with Crippen LogP contribution in [-0.4, -0.2) is 31.2 Å². The van der Waals surface area contributed by atoms with Crippen molar-refractivity contribution in [3.05, 3.63) is 6.33 Å². The average molecular weight is 199 g/mol. The van der Waals surface area contributed by atoms with Gasteiger partial charge in [-0.15, -0.1) is 0 Å². The predicted octanol–water partition coefficient (Wildman–Crippen LogP) is 0.821. The van der Waals surface area contributed by atoms with Crippen LogP contribution < -0.4 is 0 Å². The normalized spacial score (nSPS) is 28.2. The summed E-state index contributed by atoms with van der Waals surface area (Å²) in [4.78, 5) is 4.12. The first-order valence-electron chi connectivity index (χ1n) is 4.46. The molecule has 1 heterocycles. The number of hydrogen-bond acceptors (Lipinski definition) is 4. The molecule has 5 heteroatoms. The van der Waals surface area contributed by atoms with Gasteiger partial charge in [0.25, 0.3) is 0 Å².